The van der Waals surface area contributed by atoms with Crippen LogP contribution in [0, 0.1) is 0 Å². The van der Waals surface area contributed by atoms with Gasteiger partial charge in [0, 0.05) is 24.8 Å². The number of aromatic nitrogens is 3. The summed E-state index contributed by atoms with van der Waals surface area (Å²) in [4.78, 5) is 8.90. The van der Waals surface area contributed by atoms with Crippen molar-refractivity contribution in [3.8, 4) is 5.69 Å². The Balaban J connectivity index is 1.62. The van der Waals surface area contributed by atoms with Gasteiger partial charge in [-0.05, 0) is 37.1 Å². The third-order valence-corrected chi connectivity index (χ3v) is 5.10. The molecular formula is C19H24N6S. The lowest BCUT2D eigenvalue weighted by atomic mass is 10.1. The Hall–Kier alpha value is -2.67. The summed E-state index contributed by atoms with van der Waals surface area (Å²) < 4.78 is 1.86. The first-order valence-electron chi connectivity index (χ1n) is 8.70. The van der Waals surface area contributed by atoms with E-state index in [2.05, 4.69) is 57.1 Å². The van der Waals surface area contributed by atoms with Crippen LogP contribution in [0.4, 0.5) is 0 Å². The van der Waals surface area contributed by atoms with Crippen molar-refractivity contribution >= 4 is 17.3 Å². The molecule has 0 aliphatic heterocycles. The lowest BCUT2D eigenvalue weighted by Crippen LogP contribution is -2.38. The smallest absolute Gasteiger partial charge is 0.191 e. The summed E-state index contributed by atoms with van der Waals surface area (Å²) in [7, 11) is 1.78. The Labute approximate surface area is 158 Å². The Morgan fingerprint density at radius 2 is 2.23 bits per heavy atom. The van der Waals surface area contributed by atoms with Gasteiger partial charge < -0.3 is 10.6 Å². The SMILES string of the molecule is CCc1nc(CNC(=NC)NC(C)c2cccc(-n3cccn3)c2)cs1. The molecular weight excluding hydrogens is 344 g/mol. The average molecular weight is 369 g/mol. The number of aryl methyl sites for hydroxylation is 1. The summed E-state index contributed by atoms with van der Waals surface area (Å²) in [5.74, 6) is 0.757. The van der Waals surface area contributed by atoms with Gasteiger partial charge in [0.2, 0.25) is 0 Å². The normalized spacial score (nSPS) is 12.8. The van der Waals surface area contributed by atoms with E-state index in [1.807, 2.05) is 29.1 Å². The molecule has 0 fully saturated rings. The van der Waals surface area contributed by atoms with Gasteiger partial charge in [0.15, 0.2) is 5.96 Å². The quantitative estimate of drug-likeness (QED) is 0.517. The maximum atomic E-state index is 4.58. The molecule has 1 atom stereocenters. The molecule has 6 nitrogen and oxygen atoms in total. The maximum absolute atomic E-state index is 4.58. The molecule has 2 heterocycles. The van der Waals surface area contributed by atoms with E-state index in [0.717, 1.165) is 28.8 Å². The van der Waals surface area contributed by atoms with Gasteiger partial charge in [0.25, 0.3) is 0 Å². The molecule has 7 heteroatoms. The van der Waals surface area contributed by atoms with Crippen LogP contribution in [-0.2, 0) is 13.0 Å². The summed E-state index contributed by atoms with van der Waals surface area (Å²) in [6.45, 7) is 4.90. The molecule has 0 bridgehead atoms. The largest absolute Gasteiger partial charge is 0.351 e. The van der Waals surface area contributed by atoms with E-state index in [1.165, 1.54) is 5.56 Å². The first-order chi connectivity index (χ1) is 12.7. The first-order valence-corrected chi connectivity index (χ1v) is 9.58. The zero-order chi connectivity index (χ0) is 18.4. The van der Waals surface area contributed by atoms with Gasteiger partial charge in [0.05, 0.1) is 29.0 Å². The van der Waals surface area contributed by atoms with Crippen LogP contribution in [0.15, 0.2) is 53.1 Å². The Kier molecular flexibility index (Phi) is 6.01. The molecule has 0 aliphatic rings. The molecule has 1 unspecified atom stereocenters. The van der Waals surface area contributed by atoms with Crippen molar-refractivity contribution in [1.82, 2.24) is 25.4 Å². The fourth-order valence-corrected chi connectivity index (χ4v) is 3.35. The van der Waals surface area contributed by atoms with Crippen LogP contribution in [0.25, 0.3) is 5.69 Å². The van der Waals surface area contributed by atoms with Gasteiger partial charge >= 0.3 is 0 Å². The molecule has 26 heavy (non-hydrogen) atoms. The highest BCUT2D eigenvalue weighted by atomic mass is 32.1. The van der Waals surface area contributed by atoms with Crippen LogP contribution >= 0.6 is 11.3 Å². The van der Waals surface area contributed by atoms with Crippen LogP contribution in [0.5, 0.6) is 0 Å². The van der Waals surface area contributed by atoms with Crippen molar-refractivity contribution in [3.63, 3.8) is 0 Å². The number of rotatable bonds is 6. The van der Waals surface area contributed by atoms with Crippen LogP contribution in [0.3, 0.4) is 0 Å². The van der Waals surface area contributed by atoms with E-state index in [4.69, 9.17) is 0 Å². The number of guanidine groups is 1. The summed E-state index contributed by atoms with van der Waals surface area (Å²) in [6.07, 6.45) is 4.69. The van der Waals surface area contributed by atoms with Gasteiger partial charge in [0.1, 0.15) is 0 Å². The number of hydrogen-bond donors (Lipinski definition) is 2. The molecule has 2 N–H and O–H groups in total. The lowest BCUT2D eigenvalue weighted by molar-refractivity contribution is 0.681. The predicted octanol–water partition coefficient (Wildman–Crippen LogP) is 3.32. The number of thiazole rings is 1. The van der Waals surface area contributed by atoms with E-state index < -0.39 is 0 Å². The van der Waals surface area contributed by atoms with Crippen LogP contribution < -0.4 is 10.6 Å². The number of nitrogens with zero attached hydrogens (tertiary/aromatic N) is 4. The minimum absolute atomic E-state index is 0.110. The van der Waals surface area contributed by atoms with Crippen molar-refractivity contribution < 1.29 is 0 Å². The highest BCUT2D eigenvalue weighted by molar-refractivity contribution is 7.09. The standard InChI is InChI=1S/C19H24N6S/c1-4-18-24-16(13-26-18)12-21-19(20-3)23-14(2)15-7-5-8-17(11-15)25-10-6-9-22-25/h5-11,13-14H,4,12H2,1-3H3,(H2,20,21,23). The molecule has 0 aliphatic carbocycles. The number of hydrogen-bond acceptors (Lipinski definition) is 4. The number of aliphatic imine (C=N–C) groups is 1. The molecule has 2 aromatic heterocycles. The zero-order valence-corrected chi connectivity index (χ0v) is 16.1. The predicted molar refractivity (Wildman–Crippen MR) is 107 cm³/mol. The van der Waals surface area contributed by atoms with Gasteiger partial charge in [-0.1, -0.05) is 19.1 Å². The van der Waals surface area contributed by atoms with Crippen molar-refractivity contribution in [2.45, 2.75) is 32.9 Å². The number of nitrogens with one attached hydrogen (secondary N) is 2. The van der Waals surface area contributed by atoms with E-state index in [9.17, 15) is 0 Å². The Morgan fingerprint density at radius 1 is 1.35 bits per heavy atom. The van der Waals surface area contributed by atoms with Crippen LogP contribution in [0.1, 0.15) is 36.2 Å². The minimum Gasteiger partial charge on any atom is -0.351 e. The molecule has 0 amide bonds. The molecule has 3 aromatic rings. The third-order valence-electron chi connectivity index (χ3n) is 4.05. The lowest BCUT2D eigenvalue weighted by Gasteiger charge is -2.18. The zero-order valence-electron chi connectivity index (χ0n) is 15.3. The van der Waals surface area contributed by atoms with E-state index in [0.29, 0.717) is 6.54 Å². The first kappa shape index (κ1) is 18.1. The van der Waals surface area contributed by atoms with Crippen LogP contribution in [-0.4, -0.2) is 27.8 Å². The second-order valence-electron chi connectivity index (χ2n) is 5.92. The Bertz CT molecular complexity index is 853. The van der Waals surface area contributed by atoms with E-state index in [-0.39, 0.29) is 6.04 Å². The van der Waals surface area contributed by atoms with Crippen molar-refractivity contribution in [3.05, 3.63) is 64.4 Å². The van der Waals surface area contributed by atoms with Gasteiger partial charge in [-0.15, -0.1) is 11.3 Å². The molecule has 0 saturated heterocycles. The monoisotopic (exact) mass is 368 g/mol. The van der Waals surface area contributed by atoms with Gasteiger partial charge in [-0.2, -0.15) is 5.10 Å². The fourth-order valence-electron chi connectivity index (χ4n) is 2.61. The molecule has 136 valence electrons. The van der Waals surface area contributed by atoms with Gasteiger partial charge in [-0.3, -0.25) is 4.99 Å². The molecule has 0 spiro atoms. The van der Waals surface area contributed by atoms with Crippen molar-refractivity contribution in [2.24, 2.45) is 4.99 Å². The van der Waals surface area contributed by atoms with Crippen LogP contribution in [0.2, 0.25) is 0 Å². The summed E-state index contributed by atoms with van der Waals surface area (Å²) >= 11 is 1.70. The van der Waals surface area contributed by atoms with Gasteiger partial charge in [-0.25, -0.2) is 9.67 Å². The molecule has 1 aromatic carbocycles. The highest BCUT2D eigenvalue weighted by Gasteiger charge is 2.10. The van der Waals surface area contributed by atoms with Crippen molar-refractivity contribution in [2.75, 3.05) is 7.05 Å². The van der Waals surface area contributed by atoms with E-state index >= 15 is 0 Å². The Morgan fingerprint density at radius 3 is 2.92 bits per heavy atom. The molecule has 0 radical (unpaired) electrons. The highest BCUT2D eigenvalue weighted by Crippen LogP contribution is 2.16. The third kappa shape index (κ3) is 4.49. The van der Waals surface area contributed by atoms with E-state index in [1.54, 1.807) is 24.6 Å². The average Bonchev–Trinajstić information content (AvgIpc) is 3.36. The molecule has 3 rings (SSSR count). The summed E-state index contributed by atoms with van der Waals surface area (Å²) in [5, 5.41) is 14.3. The van der Waals surface area contributed by atoms with Crippen molar-refractivity contribution in [1.29, 1.82) is 0 Å². The summed E-state index contributed by atoms with van der Waals surface area (Å²) in [5.41, 5.74) is 3.25. The fraction of sp³-hybridized carbons (Fsp3) is 0.316. The maximum Gasteiger partial charge on any atom is 0.191 e. The second-order valence-corrected chi connectivity index (χ2v) is 6.87. The number of benzene rings is 1. The molecule has 0 saturated carbocycles. The summed E-state index contributed by atoms with van der Waals surface area (Å²) in [6, 6.07) is 10.4. The minimum atomic E-state index is 0.110. The topological polar surface area (TPSA) is 67.1 Å². The second kappa shape index (κ2) is 8.62.